The predicted molar refractivity (Wildman–Crippen MR) is 134 cm³/mol. The highest BCUT2D eigenvalue weighted by Gasteiger charge is 2.47. The molecule has 34 heavy (non-hydrogen) atoms. The van der Waals surface area contributed by atoms with E-state index in [2.05, 4.69) is 10.0 Å². The van der Waals surface area contributed by atoms with E-state index >= 15 is 0 Å². The second-order valence-electron chi connectivity index (χ2n) is 8.34. The van der Waals surface area contributed by atoms with E-state index in [0.29, 0.717) is 17.9 Å². The molecule has 1 fully saturated rings. The molecular formula is C26H33ClF3N3O. The number of hydrazone groups is 1. The molecule has 2 heterocycles. The van der Waals surface area contributed by atoms with Crippen LogP contribution >= 0.6 is 11.6 Å². The lowest BCUT2D eigenvalue weighted by Gasteiger charge is -2.34. The average molecular weight is 496 g/mol. The van der Waals surface area contributed by atoms with Crippen LogP contribution in [0.2, 0.25) is 5.02 Å². The number of halogens is 4. The number of rotatable bonds is 5. The van der Waals surface area contributed by atoms with Crippen LogP contribution in [-0.4, -0.2) is 37.1 Å². The third-order valence-corrected chi connectivity index (χ3v) is 6.61. The number of benzene rings is 2. The molecule has 4 rings (SSSR count). The van der Waals surface area contributed by atoms with E-state index < -0.39 is 17.8 Å². The van der Waals surface area contributed by atoms with Crippen molar-refractivity contribution in [3.05, 3.63) is 53.6 Å². The summed E-state index contributed by atoms with van der Waals surface area (Å²) in [5.74, 6) is 0.0458. The SMILES string of the molecule is CC.CC[C@H]1C(C)C(C(F)(F)F)=NN1c1ccc(OC2CCN(c3ccccc3Cl)CC2)cc1. The van der Waals surface area contributed by atoms with Gasteiger partial charge in [-0.3, -0.25) is 5.01 Å². The number of piperidine rings is 1. The Morgan fingerprint density at radius 2 is 1.65 bits per heavy atom. The van der Waals surface area contributed by atoms with Crippen molar-refractivity contribution in [2.24, 2.45) is 11.0 Å². The quantitative estimate of drug-likeness (QED) is 0.428. The molecular weight excluding hydrogens is 463 g/mol. The molecule has 0 radical (unpaired) electrons. The molecule has 1 saturated heterocycles. The van der Waals surface area contributed by atoms with Crippen molar-refractivity contribution in [3.8, 4) is 5.75 Å². The first-order valence-corrected chi connectivity index (χ1v) is 12.4. The van der Waals surface area contributed by atoms with Crippen LogP contribution in [-0.2, 0) is 0 Å². The minimum atomic E-state index is -4.41. The number of hydrogen-bond acceptors (Lipinski definition) is 4. The molecule has 2 aromatic carbocycles. The van der Waals surface area contributed by atoms with Gasteiger partial charge in [0.15, 0.2) is 0 Å². The lowest BCUT2D eigenvalue weighted by atomic mass is 9.95. The Morgan fingerprint density at radius 1 is 1.03 bits per heavy atom. The minimum absolute atomic E-state index is 0.0876. The summed E-state index contributed by atoms with van der Waals surface area (Å²) in [6.45, 7) is 9.18. The fraction of sp³-hybridized carbons (Fsp3) is 0.500. The third-order valence-electron chi connectivity index (χ3n) is 6.29. The standard InChI is InChI=1S/C24H27ClF3N3O.C2H6/c1-3-21-16(2)23(24(26,27)28)29-31(21)17-8-10-18(11-9-17)32-19-12-14-30(15-13-19)22-7-5-4-6-20(22)25;1-2/h4-11,16,19,21H,3,12-15H2,1-2H3;1-2H3/t16?,21-;/m0./s1. The summed E-state index contributed by atoms with van der Waals surface area (Å²) in [6, 6.07) is 14.7. The van der Waals surface area contributed by atoms with Gasteiger partial charge in [0.05, 0.1) is 22.4 Å². The van der Waals surface area contributed by atoms with Gasteiger partial charge in [0, 0.05) is 31.8 Å². The Morgan fingerprint density at radius 3 is 2.21 bits per heavy atom. The summed E-state index contributed by atoms with van der Waals surface area (Å²) in [4.78, 5) is 2.26. The first kappa shape index (κ1) is 26.2. The highest BCUT2D eigenvalue weighted by Crippen LogP contribution is 2.37. The van der Waals surface area contributed by atoms with E-state index in [1.807, 2.05) is 57.2 Å². The number of ether oxygens (including phenoxy) is 1. The van der Waals surface area contributed by atoms with Gasteiger partial charge in [-0.15, -0.1) is 0 Å². The summed E-state index contributed by atoms with van der Waals surface area (Å²) < 4.78 is 46.1. The van der Waals surface area contributed by atoms with Crippen LogP contribution < -0.4 is 14.6 Å². The second kappa shape index (κ2) is 11.3. The first-order chi connectivity index (χ1) is 16.3. The Balaban J connectivity index is 0.00000158. The smallest absolute Gasteiger partial charge is 0.431 e. The van der Waals surface area contributed by atoms with Crippen LogP contribution in [0, 0.1) is 5.92 Å². The highest BCUT2D eigenvalue weighted by molar-refractivity contribution is 6.33. The van der Waals surface area contributed by atoms with Crippen LogP contribution in [0.1, 0.15) is 47.0 Å². The van der Waals surface area contributed by atoms with Gasteiger partial charge in [-0.05, 0) is 42.8 Å². The van der Waals surface area contributed by atoms with Crippen molar-refractivity contribution in [3.63, 3.8) is 0 Å². The van der Waals surface area contributed by atoms with Crippen molar-refractivity contribution in [1.82, 2.24) is 0 Å². The van der Waals surface area contributed by atoms with Gasteiger partial charge in [0.25, 0.3) is 0 Å². The molecule has 4 nitrogen and oxygen atoms in total. The number of nitrogens with zero attached hydrogens (tertiary/aromatic N) is 3. The monoisotopic (exact) mass is 495 g/mol. The van der Waals surface area contributed by atoms with Gasteiger partial charge in [-0.25, -0.2) is 0 Å². The molecule has 1 unspecified atom stereocenters. The van der Waals surface area contributed by atoms with Crippen molar-refractivity contribution in [2.75, 3.05) is 23.0 Å². The molecule has 2 aliphatic rings. The van der Waals surface area contributed by atoms with E-state index in [9.17, 15) is 13.2 Å². The molecule has 0 N–H and O–H groups in total. The molecule has 8 heteroatoms. The van der Waals surface area contributed by atoms with Crippen LogP contribution in [0.4, 0.5) is 24.5 Å². The summed E-state index contributed by atoms with van der Waals surface area (Å²) in [5, 5.41) is 6.17. The Labute approximate surface area is 205 Å². The van der Waals surface area contributed by atoms with Gasteiger partial charge >= 0.3 is 6.18 Å². The summed E-state index contributed by atoms with van der Waals surface area (Å²) >= 11 is 6.31. The molecule has 0 bridgehead atoms. The molecule has 0 aromatic heterocycles. The first-order valence-electron chi connectivity index (χ1n) is 12.0. The van der Waals surface area contributed by atoms with Crippen LogP contribution in [0.25, 0.3) is 0 Å². The van der Waals surface area contributed by atoms with Gasteiger partial charge in [0.2, 0.25) is 0 Å². The fourth-order valence-corrected chi connectivity index (χ4v) is 4.81. The average Bonchev–Trinajstić information content (AvgIpc) is 3.18. The number of anilines is 2. The molecule has 0 spiro atoms. The largest absolute Gasteiger partial charge is 0.490 e. The zero-order chi connectivity index (χ0) is 24.9. The number of alkyl halides is 3. The molecule has 2 aliphatic heterocycles. The second-order valence-corrected chi connectivity index (χ2v) is 8.75. The summed E-state index contributed by atoms with van der Waals surface area (Å²) in [5.41, 5.74) is 0.972. The highest BCUT2D eigenvalue weighted by atomic mass is 35.5. The fourth-order valence-electron chi connectivity index (χ4n) is 4.56. The van der Waals surface area contributed by atoms with E-state index in [0.717, 1.165) is 36.6 Å². The van der Waals surface area contributed by atoms with Crippen molar-refractivity contribution in [2.45, 2.75) is 65.3 Å². The van der Waals surface area contributed by atoms with Gasteiger partial charge in [0.1, 0.15) is 17.6 Å². The normalized spacial score (nSPS) is 21.1. The summed E-state index contributed by atoms with van der Waals surface area (Å²) in [7, 11) is 0. The summed E-state index contributed by atoms with van der Waals surface area (Å²) in [6.07, 6.45) is -2.01. The van der Waals surface area contributed by atoms with E-state index in [1.54, 1.807) is 19.1 Å². The maximum atomic E-state index is 13.3. The van der Waals surface area contributed by atoms with Crippen molar-refractivity contribution < 1.29 is 17.9 Å². The lowest BCUT2D eigenvalue weighted by molar-refractivity contribution is -0.0620. The maximum Gasteiger partial charge on any atom is 0.431 e. The van der Waals surface area contributed by atoms with Crippen molar-refractivity contribution >= 4 is 28.7 Å². The van der Waals surface area contributed by atoms with E-state index in [4.69, 9.17) is 16.3 Å². The molecule has 0 saturated carbocycles. The predicted octanol–water partition coefficient (Wildman–Crippen LogP) is 7.57. The number of hydrogen-bond donors (Lipinski definition) is 0. The van der Waals surface area contributed by atoms with Gasteiger partial charge < -0.3 is 9.64 Å². The van der Waals surface area contributed by atoms with Gasteiger partial charge in [-0.1, -0.05) is 51.4 Å². The molecule has 186 valence electrons. The Kier molecular flexibility index (Phi) is 8.74. The third kappa shape index (κ3) is 5.80. The maximum absolute atomic E-state index is 13.3. The zero-order valence-electron chi connectivity index (χ0n) is 20.1. The van der Waals surface area contributed by atoms with E-state index in [-0.39, 0.29) is 12.1 Å². The molecule has 2 aromatic rings. The van der Waals surface area contributed by atoms with Crippen LogP contribution in [0.5, 0.6) is 5.75 Å². The molecule has 2 atom stereocenters. The number of para-hydroxylation sites is 1. The zero-order valence-corrected chi connectivity index (χ0v) is 20.9. The minimum Gasteiger partial charge on any atom is -0.490 e. The van der Waals surface area contributed by atoms with E-state index in [1.165, 1.54) is 5.01 Å². The van der Waals surface area contributed by atoms with Crippen LogP contribution in [0.3, 0.4) is 0 Å². The Bertz CT molecular complexity index is 957. The lowest BCUT2D eigenvalue weighted by Crippen LogP contribution is -2.38. The van der Waals surface area contributed by atoms with Crippen molar-refractivity contribution in [1.29, 1.82) is 0 Å². The topological polar surface area (TPSA) is 28.1 Å². The molecule has 0 aliphatic carbocycles. The van der Waals surface area contributed by atoms with Crippen LogP contribution in [0.15, 0.2) is 53.6 Å². The Hall–Kier alpha value is -2.41. The van der Waals surface area contributed by atoms with Gasteiger partial charge in [-0.2, -0.15) is 18.3 Å². The molecule has 0 amide bonds.